The lowest BCUT2D eigenvalue weighted by atomic mass is 10.1. The lowest BCUT2D eigenvalue weighted by Gasteiger charge is -2.01. The monoisotopic (exact) mass is 220 g/mol. The van der Waals surface area contributed by atoms with Gasteiger partial charge in [-0.15, -0.1) is 11.3 Å². The van der Waals surface area contributed by atoms with Crippen molar-refractivity contribution in [2.75, 3.05) is 0 Å². The van der Waals surface area contributed by atoms with Gasteiger partial charge in [0, 0.05) is 16.2 Å². The topological polar surface area (TPSA) is 0 Å². The van der Waals surface area contributed by atoms with Crippen molar-refractivity contribution in [3.8, 4) is 0 Å². The van der Waals surface area contributed by atoms with Gasteiger partial charge >= 0.3 is 0 Å². The number of rotatable bonds is 2. The van der Waals surface area contributed by atoms with E-state index < -0.39 is 0 Å². The maximum atomic E-state index is 13.3. The van der Waals surface area contributed by atoms with E-state index in [4.69, 9.17) is 0 Å². The summed E-state index contributed by atoms with van der Waals surface area (Å²) in [7, 11) is 0. The zero-order chi connectivity index (χ0) is 10.8. The number of thiophene rings is 1. The highest BCUT2D eigenvalue weighted by Gasteiger charge is 2.02. The van der Waals surface area contributed by atoms with E-state index in [1.807, 2.05) is 12.1 Å². The van der Waals surface area contributed by atoms with Gasteiger partial charge in [0.05, 0.1) is 0 Å². The first-order valence-corrected chi connectivity index (χ1v) is 5.77. The Kier molecular flexibility index (Phi) is 2.87. The molecule has 1 heterocycles. The molecule has 0 spiro atoms. The quantitative estimate of drug-likeness (QED) is 0.715. The summed E-state index contributed by atoms with van der Waals surface area (Å²) >= 11 is 1.77. The molecular weight excluding hydrogens is 207 g/mol. The van der Waals surface area contributed by atoms with Crippen molar-refractivity contribution < 1.29 is 4.39 Å². The molecule has 1 aromatic carbocycles. The molecule has 0 nitrogen and oxygen atoms in total. The van der Waals surface area contributed by atoms with E-state index in [2.05, 4.69) is 19.1 Å². The summed E-state index contributed by atoms with van der Waals surface area (Å²) in [5.41, 5.74) is 1.75. The van der Waals surface area contributed by atoms with Crippen LogP contribution in [0.2, 0.25) is 0 Å². The van der Waals surface area contributed by atoms with Gasteiger partial charge in [0.15, 0.2) is 0 Å². The molecule has 2 rings (SSSR count). The number of aryl methyl sites for hydroxylation is 2. The normalized spacial score (nSPS) is 10.6. The van der Waals surface area contributed by atoms with Crippen molar-refractivity contribution in [3.05, 3.63) is 57.0 Å². The van der Waals surface area contributed by atoms with Crippen LogP contribution in [0.25, 0.3) is 0 Å². The van der Waals surface area contributed by atoms with Gasteiger partial charge < -0.3 is 0 Å². The molecule has 78 valence electrons. The Morgan fingerprint density at radius 2 is 1.93 bits per heavy atom. The lowest BCUT2D eigenvalue weighted by Crippen LogP contribution is -1.88. The van der Waals surface area contributed by atoms with Crippen LogP contribution in [0.5, 0.6) is 0 Å². The number of hydrogen-bond donors (Lipinski definition) is 0. The molecule has 0 aliphatic carbocycles. The van der Waals surface area contributed by atoms with Gasteiger partial charge in [0.1, 0.15) is 5.82 Å². The first-order valence-electron chi connectivity index (χ1n) is 4.95. The molecule has 0 amide bonds. The number of benzene rings is 1. The Morgan fingerprint density at radius 3 is 2.53 bits per heavy atom. The molecule has 2 aromatic rings. The van der Waals surface area contributed by atoms with Crippen LogP contribution in [0.15, 0.2) is 30.3 Å². The minimum atomic E-state index is -0.110. The second-order valence-corrected chi connectivity index (χ2v) is 5.15. The SMILES string of the molecule is Cc1ccc(Cc2ccc(C)c(F)c2)s1. The fourth-order valence-corrected chi connectivity index (χ4v) is 2.45. The largest absolute Gasteiger partial charge is 0.207 e. The van der Waals surface area contributed by atoms with Crippen LogP contribution in [0.4, 0.5) is 4.39 Å². The van der Waals surface area contributed by atoms with E-state index in [9.17, 15) is 4.39 Å². The summed E-state index contributed by atoms with van der Waals surface area (Å²) in [5, 5.41) is 0. The minimum absolute atomic E-state index is 0.110. The minimum Gasteiger partial charge on any atom is -0.207 e. The molecule has 1 aromatic heterocycles. The van der Waals surface area contributed by atoms with Crippen LogP contribution in [-0.2, 0) is 6.42 Å². The molecule has 0 aliphatic rings. The smallest absolute Gasteiger partial charge is 0.126 e. The van der Waals surface area contributed by atoms with Crippen LogP contribution in [0.1, 0.15) is 20.9 Å². The maximum Gasteiger partial charge on any atom is 0.126 e. The predicted octanol–water partition coefficient (Wildman–Crippen LogP) is 4.09. The third kappa shape index (κ3) is 2.45. The number of halogens is 1. The van der Waals surface area contributed by atoms with Gasteiger partial charge in [0.25, 0.3) is 0 Å². The van der Waals surface area contributed by atoms with Gasteiger partial charge in [-0.25, -0.2) is 4.39 Å². The second kappa shape index (κ2) is 4.15. The second-order valence-electron chi connectivity index (χ2n) is 3.77. The Balaban J connectivity index is 2.21. The summed E-state index contributed by atoms with van der Waals surface area (Å²) in [4.78, 5) is 2.59. The van der Waals surface area contributed by atoms with Crippen molar-refractivity contribution in [1.29, 1.82) is 0 Å². The Bertz CT molecular complexity index is 471. The Hall–Kier alpha value is -1.15. The van der Waals surface area contributed by atoms with E-state index in [1.165, 1.54) is 9.75 Å². The van der Waals surface area contributed by atoms with Crippen LogP contribution in [0.3, 0.4) is 0 Å². The van der Waals surface area contributed by atoms with Crippen molar-refractivity contribution in [2.24, 2.45) is 0 Å². The number of hydrogen-bond acceptors (Lipinski definition) is 1. The standard InChI is InChI=1S/C13H13FS/c1-9-3-5-11(8-13(9)14)7-12-6-4-10(2)15-12/h3-6,8H,7H2,1-2H3. The lowest BCUT2D eigenvalue weighted by molar-refractivity contribution is 0.617. The maximum absolute atomic E-state index is 13.3. The van der Waals surface area contributed by atoms with Crippen molar-refractivity contribution >= 4 is 11.3 Å². The first kappa shape index (κ1) is 10.4. The molecule has 2 heteroatoms. The highest BCUT2D eigenvalue weighted by atomic mass is 32.1. The first-order chi connectivity index (χ1) is 7.15. The highest BCUT2D eigenvalue weighted by Crippen LogP contribution is 2.20. The van der Waals surface area contributed by atoms with Crippen LogP contribution in [-0.4, -0.2) is 0 Å². The van der Waals surface area contributed by atoms with Crippen molar-refractivity contribution in [1.82, 2.24) is 0 Å². The van der Waals surface area contributed by atoms with Gasteiger partial charge in [-0.05, 0) is 43.2 Å². The average Bonchev–Trinajstić information content (AvgIpc) is 2.58. The molecular formula is C13H13FS. The van der Waals surface area contributed by atoms with Crippen LogP contribution < -0.4 is 0 Å². The Morgan fingerprint density at radius 1 is 1.13 bits per heavy atom. The molecule has 0 fully saturated rings. The summed E-state index contributed by atoms with van der Waals surface area (Å²) < 4.78 is 13.3. The predicted molar refractivity (Wildman–Crippen MR) is 63.0 cm³/mol. The molecule has 0 radical (unpaired) electrons. The molecule has 0 bridgehead atoms. The van der Waals surface area contributed by atoms with Crippen LogP contribution >= 0.6 is 11.3 Å². The van der Waals surface area contributed by atoms with E-state index >= 15 is 0 Å². The van der Waals surface area contributed by atoms with Gasteiger partial charge in [-0.3, -0.25) is 0 Å². The fourth-order valence-electron chi connectivity index (χ4n) is 1.53. The van der Waals surface area contributed by atoms with Crippen molar-refractivity contribution in [3.63, 3.8) is 0 Å². The molecule has 0 unspecified atom stereocenters. The third-order valence-corrected chi connectivity index (χ3v) is 3.41. The molecule has 0 aliphatic heterocycles. The van der Waals surface area contributed by atoms with E-state index in [0.29, 0.717) is 5.56 Å². The molecule has 0 saturated heterocycles. The summed E-state index contributed by atoms with van der Waals surface area (Å²) in [6.07, 6.45) is 0.829. The fraction of sp³-hybridized carbons (Fsp3) is 0.231. The van der Waals surface area contributed by atoms with Gasteiger partial charge in [0.2, 0.25) is 0 Å². The average molecular weight is 220 g/mol. The molecule has 0 N–H and O–H groups in total. The van der Waals surface area contributed by atoms with E-state index in [1.54, 1.807) is 24.3 Å². The van der Waals surface area contributed by atoms with E-state index in [0.717, 1.165) is 12.0 Å². The molecule has 0 saturated carbocycles. The van der Waals surface area contributed by atoms with Crippen LogP contribution in [0, 0.1) is 19.7 Å². The summed E-state index contributed by atoms with van der Waals surface area (Å²) in [6, 6.07) is 9.67. The van der Waals surface area contributed by atoms with Crippen molar-refractivity contribution in [2.45, 2.75) is 20.3 Å². The molecule has 0 atom stereocenters. The zero-order valence-corrected chi connectivity index (χ0v) is 9.70. The van der Waals surface area contributed by atoms with Gasteiger partial charge in [-0.1, -0.05) is 12.1 Å². The molecule has 15 heavy (non-hydrogen) atoms. The Labute approximate surface area is 93.4 Å². The van der Waals surface area contributed by atoms with E-state index in [-0.39, 0.29) is 5.82 Å². The highest BCUT2D eigenvalue weighted by molar-refractivity contribution is 7.11. The zero-order valence-electron chi connectivity index (χ0n) is 8.88. The summed E-state index contributed by atoms with van der Waals surface area (Å²) in [5.74, 6) is -0.110. The van der Waals surface area contributed by atoms with Gasteiger partial charge in [-0.2, -0.15) is 0 Å². The summed E-state index contributed by atoms with van der Waals surface area (Å²) in [6.45, 7) is 3.87. The third-order valence-electron chi connectivity index (χ3n) is 2.41.